The van der Waals surface area contributed by atoms with Crippen molar-refractivity contribution in [1.82, 2.24) is 0 Å². The Morgan fingerprint density at radius 3 is 2.35 bits per heavy atom. The van der Waals surface area contributed by atoms with Crippen LogP contribution in [0.25, 0.3) is 0 Å². The minimum atomic E-state index is -0.321. The van der Waals surface area contributed by atoms with Gasteiger partial charge in [0.2, 0.25) is 0 Å². The minimum absolute atomic E-state index is 0.0464. The number of ether oxygens (including phenoxy) is 1. The van der Waals surface area contributed by atoms with Crippen LogP contribution >= 0.6 is 0 Å². The quantitative estimate of drug-likeness (QED) is 0.837. The first-order valence-corrected chi connectivity index (χ1v) is 6.44. The zero-order valence-electron chi connectivity index (χ0n) is 11.3. The number of carbonyl (C=O) groups excluding carboxylic acids is 1. The lowest BCUT2D eigenvalue weighted by Crippen LogP contribution is -2.34. The van der Waals surface area contributed by atoms with E-state index in [-0.39, 0.29) is 18.3 Å². The summed E-state index contributed by atoms with van der Waals surface area (Å²) in [5.74, 6) is 0.164. The molecule has 0 saturated heterocycles. The van der Waals surface area contributed by atoms with Crippen LogP contribution in [0.2, 0.25) is 0 Å². The van der Waals surface area contributed by atoms with Gasteiger partial charge in [-0.15, -0.1) is 0 Å². The van der Waals surface area contributed by atoms with Crippen molar-refractivity contribution in [3.05, 3.63) is 60.4 Å². The van der Waals surface area contributed by atoms with Gasteiger partial charge in [-0.1, -0.05) is 18.2 Å². The van der Waals surface area contributed by atoms with Crippen molar-refractivity contribution >= 4 is 11.6 Å². The van der Waals surface area contributed by atoms with Crippen LogP contribution in [-0.4, -0.2) is 19.1 Å². The molecule has 2 aromatic rings. The number of para-hydroxylation sites is 1. The topological polar surface area (TPSA) is 29.5 Å². The Balaban J connectivity index is 2.00. The molecule has 3 nitrogen and oxygen atoms in total. The summed E-state index contributed by atoms with van der Waals surface area (Å²) in [4.78, 5) is 13.7. The van der Waals surface area contributed by atoms with E-state index in [0.717, 1.165) is 0 Å². The molecule has 0 aromatic heterocycles. The first kappa shape index (κ1) is 14.1. The maximum atomic E-state index is 12.9. The van der Waals surface area contributed by atoms with Crippen LogP contribution in [0.1, 0.15) is 6.92 Å². The fraction of sp³-hybridized carbons (Fsp3) is 0.188. The predicted octanol–water partition coefficient (Wildman–Crippen LogP) is 3.26. The molecule has 0 aliphatic rings. The zero-order valence-corrected chi connectivity index (χ0v) is 11.3. The van der Waals surface area contributed by atoms with Gasteiger partial charge in [-0.2, -0.15) is 0 Å². The summed E-state index contributed by atoms with van der Waals surface area (Å²) in [7, 11) is 0. The number of hydrogen-bond acceptors (Lipinski definition) is 2. The first-order chi connectivity index (χ1) is 9.70. The second-order valence-corrected chi connectivity index (χ2v) is 4.22. The highest BCUT2D eigenvalue weighted by Crippen LogP contribution is 2.15. The average molecular weight is 273 g/mol. The molecule has 0 spiro atoms. The molecule has 0 unspecified atom stereocenters. The Hall–Kier alpha value is -2.36. The maximum absolute atomic E-state index is 12.9. The molecular weight excluding hydrogens is 257 g/mol. The smallest absolute Gasteiger partial charge is 0.264 e. The largest absolute Gasteiger partial charge is 0.484 e. The Kier molecular flexibility index (Phi) is 4.71. The van der Waals surface area contributed by atoms with E-state index in [1.54, 1.807) is 29.2 Å². The van der Waals surface area contributed by atoms with Crippen molar-refractivity contribution in [2.75, 3.05) is 18.1 Å². The van der Waals surface area contributed by atoms with E-state index in [0.29, 0.717) is 18.0 Å². The molecule has 4 heteroatoms. The van der Waals surface area contributed by atoms with E-state index in [2.05, 4.69) is 0 Å². The van der Waals surface area contributed by atoms with Crippen LogP contribution in [-0.2, 0) is 4.79 Å². The lowest BCUT2D eigenvalue weighted by Gasteiger charge is -2.21. The highest BCUT2D eigenvalue weighted by atomic mass is 19.1. The molecule has 2 aromatic carbocycles. The van der Waals surface area contributed by atoms with Gasteiger partial charge < -0.3 is 9.64 Å². The van der Waals surface area contributed by atoms with Crippen molar-refractivity contribution in [3.8, 4) is 5.75 Å². The monoisotopic (exact) mass is 273 g/mol. The molecule has 1 amide bonds. The van der Waals surface area contributed by atoms with Gasteiger partial charge in [0.25, 0.3) is 5.91 Å². The van der Waals surface area contributed by atoms with E-state index in [1.807, 2.05) is 25.1 Å². The molecule has 20 heavy (non-hydrogen) atoms. The van der Waals surface area contributed by atoms with Gasteiger partial charge in [-0.3, -0.25) is 4.79 Å². The van der Waals surface area contributed by atoms with Crippen molar-refractivity contribution in [2.24, 2.45) is 0 Å². The summed E-state index contributed by atoms with van der Waals surface area (Å²) in [6, 6.07) is 15.0. The third-order valence-electron chi connectivity index (χ3n) is 2.86. The van der Waals surface area contributed by atoms with Crippen molar-refractivity contribution in [3.63, 3.8) is 0 Å². The van der Waals surface area contributed by atoms with Gasteiger partial charge in [0, 0.05) is 12.2 Å². The van der Waals surface area contributed by atoms with Gasteiger partial charge in [0.05, 0.1) is 0 Å². The number of halogens is 1. The highest BCUT2D eigenvalue weighted by Gasteiger charge is 2.14. The Bertz CT molecular complexity index is 554. The molecule has 0 bridgehead atoms. The summed E-state index contributed by atoms with van der Waals surface area (Å²) in [6.45, 7) is 2.32. The summed E-state index contributed by atoms with van der Waals surface area (Å²) in [5.41, 5.74) is 0.663. The molecule has 0 N–H and O–H groups in total. The molecule has 2 rings (SSSR count). The maximum Gasteiger partial charge on any atom is 0.264 e. The second kappa shape index (κ2) is 6.70. The van der Waals surface area contributed by atoms with Crippen molar-refractivity contribution in [1.29, 1.82) is 0 Å². The van der Waals surface area contributed by atoms with Crippen LogP contribution in [0.4, 0.5) is 10.1 Å². The number of nitrogens with zero attached hydrogens (tertiary/aromatic N) is 1. The van der Waals surface area contributed by atoms with Gasteiger partial charge in [-0.05, 0) is 43.3 Å². The van der Waals surface area contributed by atoms with Crippen LogP contribution < -0.4 is 9.64 Å². The van der Waals surface area contributed by atoms with Gasteiger partial charge in [0.15, 0.2) is 6.61 Å². The van der Waals surface area contributed by atoms with E-state index >= 15 is 0 Å². The Morgan fingerprint density at radius 2 is 1.75 bits per heavy atom. The summed E-state index contributed by atoms with van der Waals surface area (Å²) >= 11 is 0. The normalized spacial score (nSPS) is 10.1. The van der Waals surface area contributed by atoms with Gasteiger partial charge in [-0.25, -0.2) is 4.39 Å². The molecule has 0 saturated carbocycles. The number of hydrogen-bond donors (Lipinski definition) is 0. The van der Waals surface area contributed by atoms with Crippen molar-refractivity contribution < 1.29 is 13.9 Å². The van der Waals surface area contributed by atoms with Crippen LogP contribution in [0, 0.1) is 5.82 Å². The highest BCUT2D eigenvalue weighted by molar-refractivity contribution is 5.94. The molecule has 0 aliphatic carbocycles. The summed E-state index contributed by atoms with van der Waals surface area (Å²) < 4.78 is 18.3. The Morgan fingerprint density at radius 1 is 1.10 bits per heavy atom. The standard InChI is InChI=1S/C16H16FNO2/c1-2-18(14-10-8-13(17)9-11-14)16(19)12-20-15-6-4-3-5-7-15/h3-11H,2,12H2,1H3. The van der Waals surface area contributed by atoms with Crippen molar-refractivity contribution in [2.45, 2.75) is 6.92 Å². The minimum Gasteiger partial charge on any atom is -0.484 e. The first-order valence-electron chi connectivity index (χ1n) is 6.44. The molecule has 0 radical (unpaired) electrons. The van der Waals surface area contributed by atoms with E-state index < -0.39 is 0 Å². The number of amides is 1. The van der Waals surface area contributed by atoms with Gasteiger partial charge in [0.1, 0.15) is 11.6 Å². The number of rotatable bonds is 5. The SMILES string of the molecule is CCN(C(=O)COc1ccccc1)c1ccc(F)cc1. The molecule has 0 heterocycles. The fourth-order valence-corrected chi connectivity index (χ4v) is 1.86. The predicted molar refractivity (Wildman–Crippen MR) is 76.4 cm³/mol. The molecule has 104 valence electrons. The van der Waals surface area contributed by atoms with E-state index in [9.17, 15) is 9.18 Å². The average Bonchev–Trinajstić information content (AvgIpc) is 2.49. The second-order valence-electron chi connectivity index (χ2n) is 4.22. The number of likely N-dealkylation sites (N-methyl/N-ethyl adjacent to an activating group) is 1. The van der Waals surface area contributed by atoms with Gasteiger partial charge >= 0.3 is 0 Å². The molecule has 0 atom stereocenters. The Labute approximate surface area is 117 Å². The molecule has 0 fully saturated rings. The third kappa shape index (κ3) is 3.57. The number of carbonyl (C=O) groups is 1. The molecular formula is C16H16FNO2. The lowest BCUT2D eigenvalue weighted by atomic mass is 10.2. The number of anilines is 1. The van der Waals surface area contributed by atoms with Crippen LogP contribution in [0.3, 0.4) is 0 Å². The lowest BCUT2D eigenvalue weighted by molar-refractivity contribution is -0.120. The van der Waals surface area contributed by atoms with Crippen LogP contribution in [0.15, 0.2) is 54.6 Å². The van der Waals surface area contributed by atoms with Crippen LogP contribution in [0.5, 0.6) is 5.75 Å². The summed E-state index contributed by atoms with van der Waals surface area (Å²) in [6.07, 6.45) is 0. The zero-order chi connectivity index (χ0) is 14.4. The fourth-order valence-electron chi connectivity index (χ4n) is 1.86. The van der Waals surface area contributed by atoms with E-state index in [1.165, 1.54) is 12.1 Å². The number of benzene rings is 2. The third-order valence-corrected chi connectivity index (χ3v) is 2.86. The molecule has 0 aliphatic heterocycles. The summed E-state index contributed by atoms with van der Waals surface area (Å²) in [5, 5.41) is 0. The van der Waals surface area contributed by atoms with E-state index in [4.69, 9.17) is 4.74 Å².